The molecule has 1 amide bonds. The number of carbonyl (C=O) groups excluding carboxylic acids is 1. The molecule has 5 nitrogen and oxygen atoms in total. The average molecular weight is 310 g/mol. The highest BCUT2D eigenvalue weighted by Crippen LogP contribution is 2.25. The highest BCUT2D eigenvalue weighted by Gasteiger charge is 2.18. The molecule has 0 spiro atoms. The largest absolute Gasteiger partial charge is 0.358 e. The van der Waals surface area contributed by atoms with Crippen LogP contribution in [0.4, 0.5) is 0 Å². The van der Waals surface area contributed by atoms with Gasteiger partial charge < -0.3 is 9.88 Å². The maximum absolute atomic E-state index is 12.9. The Balaban J connectivity index is 1.87. The molecule has 0 unspecified atom stereocenters. The first-order valence-corrected chi connectivity index (χ1v) is 7.96. The number of nitrogens with one attached hydrogen (secondary N) is 1. The third-order valence-electron chi connectivity index (χ3n) is 4.40. The van der Waals surface area contributed by atoms with Gasteiger partial charge in [0.25, 0.3) is 5.91 Å². The Morgan fingerprint density at radius 2 is 2.13 bits per heavy atom. The Morgan fingerprint density at radius 1 is 1.30 bits per heavy atom. The second-order valence-corrected chi connectivity index (χ2v) is 5.76. The molecule has 0 saturated carbocycles. The van der Waals surface area contributed by atoms with Crippen LogP contribution < -0.4 is 0 Å². The number of likely N-dealkylation sites (N-methyl/N-ethyl adjacent to an activating group) is 1. The van der Waals surface area contributed by atoms with E-state index in [0.29, 0.717) is 19.6 Å². The van der Waals surface area contributed by atoms with Gasteiger partial charge in [0.15, 0.2) is 0 Å². The van der Waals surface area contributed by atoms with Crippen LogP contribution in [0.1, 0.15) is 28.5 Å². The van der Waals surface area contributed by atoms with Crippen molar-refractivity contribution in [3.63, 3.8) is 0 Å². The zero-order chi connectivity index (χ0) is 16.4. The fraction of sp³-hybridized carbons (Fsp3) is 0.333. The standard InChI is InChI=1S/C18H22N4O/c1-4-21(11-12-22-10-6-9-19-22)18(23)16-8-5-7-15-13(2)14(3)20-17(15)16/h5-10,20H,4,11-12H2,1-3H3. The number of aromatic nitrogens is 3. The minimum atomic E-state index is 0.0616. The smallest absolute Gasteiger partial charge is 0.256 e. The summed E-state index contributed by atoms with van der Waals surface area (Å²) in [5.74, 6) is 0.0616. The number of benzene rings is 1. The van der Waals surface area contributed by atoms with Crippen LogP contribution in [-0.4, -0.2) is 38.7 Å². The molecular weight excluding hydrogens is 288 g/mol. The molecule has 3 rings (SSSR count). The molecule has 120 valence electrons. The fourth-order valence-electron chi connectivity index (χ4n) is 2.89. The maximum Gasteiger partial charge on any atom is 0.256 e. The summed E-state index contributed by atoms with van der Waals surface area (Å²) in [4.78, 5) is 18.2. The van der Waals surface area contributed by atoms with E-state index in [0.717, 1.165) is 22.2 Å². The normalized spacial score (nSPS) is 11.1. The molecule has 23 heavy (non-hydrogen) atoms. The van der Waals surface area contributed by atoms with Gasteiger partial charge in [-0.15, -0.1) is 0 Å². The van der Waals surface area contributed by atoms with E-state index in [2.05, 4.69) is 23.1 Å². The lowest BCUT2D eigenvalue weighted by Gasteiger charge is -2.21. The van der Waals surface area contributed by atoms with Gasteiger partial charge in [-0.3, -0.25) is 9.48 Å². The van der Waals surface area contributed by atoms with Crippen LogP contribution in [-0.2, 0) is 6.54 Å². The average Bonchev–Trinajstić information content (AvgIpc) is 3.17. The number of hydrogen-bond donors (Lipinski definition) is 1. The number of amides is 1. The zero-order valence-electron chi connectivity index (χ0n) is 13.8. The Labute approximate surface area is 135 Å². The summed E-state index contributed by atoms with van der Waals surface area (Å²) in [6.45, 7) is 8.15. The number of nitrogens with zero attached hydrogens (tertiary/aromatic N) is 3. The first-order valence-electron chi connectivity index (χ1n) is 7.96. The monoisotopic (exact) mass is 310 g/mol. The van der Waals surface area contributed by atoms with Gasteiger partial charge in [-0.2, -0.15) is 5.10 Å². The summed E-state index contributed by atoms with van der Waals surface area (Å²) in [6, 6.07) is 7.81. The van der Waals surface area contributed by atoms with Crippen LogP contribution in [0.25, 0.3) is 10.9 Å². The van der Waals surface area contributed by atoms with E-state index < -0.39 is 0 Å². The lowest BCUT2D eigenvalue weighted by atomic mass is 10.1. The number of hydrogen-bond acceptors (Lipinski definition) is 2. The molecule has 5 heteroatoms. The molecule has 0 aliphatic heterocycles. The molecule has 1 aromatic carbocycles. The predicted octanol–water partition coefficient (Wildman–Crippen LogP) is 3.14. The summed E-state index contributed by atoms with van der Waals surface area (Å²) in [5.41, 5.74) is 3.99. The van der Waals surface area contributed by atoms with E-state index in [9.17, 15) is 4.79 Å². The summed E-state index contributed by atoms with van der Waals surface area (Å²) >= 11 is 0. The number of para-hydroxylation sites is 1. The Kier molecular flexibility index (Phi) is 4.19. The number of rotatable bonds is 5. The van der Waals surface area contributed by atoms with Crippen LogP contribution in [0.3, 0.4) is 0 Å². The van der Waals surface area contributed by atoms with Crippen molar-refractivity contribution in [1.29, 1.82) is 0 Å². The van der Waals surface area contributed by atoms with Crippen molar-refractivity contribution in [2.45, 2.75) is 27.3 Å². The molecule has 0 aliphatic carbocycles. The number of aromatic amines is 1. The van der Waals surface area contributed by atoms with Crippen LogP contribution in [0, 0.1) is 13.8 Å². The van der Waals surface area contributed by atoms with E-state index in [1.165, 1.54) is 5.56 Å². The highest BCUT2D eigenvalue weighted by molar-refractivity contribution is 6.06. The van der Waals surface area contributed by atoms with Crippen LogP contribution in [0.2, 0.25) is 0 Å². The van der Waals surface area contributed by atoms with Crippen molar-refractivity contribution in [1.82, 2.24) is 19.7 Å². The first kappa shape index (κ1) is 15.3. The van der Waals surface area contributed by atoms with Crippen molar-refractivity contribution in [2.75, 3.05) is 13.1 Å². The van der Waals surface area contributed by atoms with E-state index in [1.807, 2.05) is 47.8 Å². The molecule has 0 aliphatic rings. The minimum absolute atomic E-state index is 0.0616. The fourth-order valence-corrected chi connectivity index (χ4v) is 2.89. The maximum atomic E-state index is 12.9. The molecule has 0 saturated heterocycles. The Hall–Kier alpha value is -2.56. The molecule has 2 aromatic heterocycles. The van der Waals surface area contributed by atoms with E-state index in [-0.39, 0.29) is 5.91 Å². The number of H-pyrrole nitrogens is 1. The molecular formula is C18H22N4O. The van der Waals surface area contributed by atoms with Gasteiger partial charge in [-0.05, 0) is 38.5 Å². The highest BCUT2D eigenvalue weighted by atomic mass is 16.2. The van der Waals surface area contributed by atoms with Gasteiger partial charge in [0, 0.05) is 36.6 Å². The molecule has 3 aromatic rings. The van der Waals surface area contributed by atoms with Gasteiger partial charge in [0.2, 0.25) is 0 Å². The van der Waals surface area contributed by atoms with Gasteiger partial charge >= 0.3 is 0 Å². The summed E-state index contributed by atoms with van der Waals surface area (Å²) in [7, 11) is 0. The number of aryl methyl sites for hydroxylation is 2. The quantitative estimate of drug-likeness (QED) is 0.787. The number of fused-ring (bicyclic) bond motifs is 1. The topological polar surface area (TPSA) is 53.9 Å². The van der Waals surface area contributed by atoms with Gasteiger partial charge in [-0.1, -0.05) is 12.1 Å². The van der Waals surface area contributed by atoms with Gasteiger partial charge in [0.1, 0.15) is 0 Å². The lowest BCUT2D eigenvalue weighted by molar-refractivity contribution is 0.0759. The first-order chi connectivity index (χ1) is 11.1. The Bertz CT molecular complexity index is 817. The molecule has 0 bridgehead atoms. The SMILES string of the molecule is CCN(CCn1cccn1)C(=O)c1cccc2c(C)c(C)[nH]c12. The van der Waals surface area contributed by atoms with Crippen LogP contribution in [0.5, 0.6) is 0 Å². The lowest BCUT2D eigenvalue weighted by Crippen LogP contribution is -2.34. The molecule has 2 heterocycles. The van der Waals surface area contributed by atoms with Crippen molar-refractivity contribution in [3.8, 4) is 0 Å². The predicted molar refractivity (Wildman–Crippen MR) is 91.6 cm³/mol. The zero-order valence-corrected chi connectivity index (χ0v) is 13.8. The van der Waals surface area contributed by atoms with E-state index in [1.54, 1.807) is 6.20 Å². The van der Waals surface area contributed by atoms with Crippen molar-refractivity contribution >= 4 is 16.8 Å². The second kappa shape index (κ2) is 6.28. The van der Waals surface area contributed by atoms with Gasteiger partial charge in [0.05, 0.1) is 17.6 Å². The molecule has 1 N–H and O–H groups in total. The summed E-state index contributed by atoms with van der Waals surface area (Å²) in [6.07, 6.45) is 3.67. The second-order valence-electron chi connectivity index (χ2n) is 5.76. The van der Waals surface area contributed by atoms with Crippen molar-refractivity contribution in [3.05, 3.63) is 53.5 Å². The van der Waals surface area contributed by atoms with Crippen LogP contribution >= 0.6 is 0 Å². The van der Waals surface area contributed by atoms with Crippen molar-refractivity contribution < 1.29 is 4.79 Å². The molecule has 0 fully saturated rings. The molecule has 0 radical (unpaired) electrons. The van der Waals surface area contributed by atoms with Crippen LogP contribution in [0.15, 0.2) is 36.7 Å². The third kappa shape index (κ3) is 2.86. The van der Waals surface area contributed by atoms with Gasteiger partial charge in [-0.25, -0.2) is 0 Å². The number of carbonyl (C=O) groups is 1. The van der Waals surface area contributed by atoms with E-state index >= 15 is 0 Å². The Morgan fingerprint density at radius 3 is 2.83 bits per heavy atom. The summed E-state index contributed by atoms with van der Waals surface area (Å²) in [5, 5.41) is 5.31. The summed E-state index contributed by atoms with van der Waals surface area (Å²) < 4.78 is 1.85. The van der Waals surface area contributed by atoms with E-state index in [4.69, 9.17) is 0 Å². The minimum Gasteiger partial charge on any atom is -0.358 e. The third-order valence-corrected chi connectivity index (χ3v) is 4.40. The van der Waals surface area contributed by atoms with Crippen molar-refractivity contribution in [2.24, 2.45) is 0 Å². The molecule has 0 atom stereocenters.